The maximum atomic E-state index is 12.6. The fourth-order valence-electron chi connectivity index (χ4n) is 3.60. The molecule has 0 saturated carbocycles. The van der Waals surface area contributed by atoms with Gasteiger partial charge in [0.2, 0.25) is 0 Å². The average Bonchev–Trinajstić information content (AvgIpc) is 3.38. The number of amides is 2. The van der Waals surface area contributed by atoms with Crippen LogP contribution in [0.15, 0.2) is 64.6 Å². The number of hydrogen-bond acceptors (Lipinski definition) is 5. The number of rotatable bonds is 8. The number of imidazole rings is 1. The van der Waals surface area contributed by atoms with Crippen molar-refractivity contribution in [3.8, 4) is 18.6 Å². The zero-order valence-corrected chi connectivity index (χ0v) is 26.8. The molecule has 4 aromatic rings. The van der Waals surface area contributed by atoms with Gasteiger partial charge in [0.1, 0.15) is 17.9 Å². The average molecular weight is 657 g/mol. The highest BCUT2D eigenvalue weighted by Gasteiger charge is 2.16. The van der Waals surface area contributed by atoms with Crippen molar-refractivity contribution < 1.29 is 14.3 Å². The van der Waals surface area contributed by atoms with Crippen LogP contribution in [0.2, 0.25) is 15.1 Å². The van der Waals surface area contributed by atoms with Crippen molar-refractivity contribution in [2.24, 2.45) is 15.7 Å². The van der Waals surface area contributed by atoms with Crippen molar-refractivity contribution in [3.63, 3.8) is 0 Å². The van der Waals surface area contributed by atoms with Crippen molar-refractivity contribution in [3.05, 3.63) is 86.6 Å². The SMILES string of the molecule is C#C.CN(C)C(=O)c1ccccc1.COc1cc2nc(CCNC(=O)c3c(Cl)cc(N=CN=C(C)N)cc3Cl)[nH]c2cc1Cl. The van der Waals surface area contributed by atoms with Gasteiger partial charge in [0.25, 0.3) is 11.8 Å². The van der Waals surface area contributed by atoms with Gasteiger partial charge in [-0.05, 0) is 37.3 Å². The maximum Gasteiger partial charge on any atom is 0.254 e. The Hall–Kier alpha value is -4.56. The lowest BCUT2D eigenvalue weighted by atomic mass is 10.2. The summed E-state index contributed by atoms with van der Waals surface area (Å²) in [5.41, 5.74) is 8.30. The summed E-state index contributed by atoms with van der Waals surface area (Å²) in [5.74, 6) is 1.25. The number of aromatic nitrogens is 2. The normalized spacial score (nSPS) is 10.8. The first-order valence-corrected chi connectivity index (χ1v) is 14.0. The van der Waals surface area contributed by atoms with E-state index in [1.165, 1.54) is 18.5 Å². The van der Waals surface area contributed by atoms with Gasteiger partial charge in [0, 0.05) is 38.7 Å². The van der Waals surface area contributed by atoms with E-state index in [-0.39, 0.29) is 21.5 Å². The second-order valence-electron chi connectivity index (χ2n) is 9.06. The number of terminal acetylenes is 1. The maximum absolute atomic E-state index is 12.6. The van der Waals surface area contributed by atoms with Crippen molar-refractivity contribution >= 4 is 75.5 Å². The van der Waals surface area contributed by atoms with E-state index in [1.54, 1.807) is 45.2 Å². The van der Waals surface area contributed by atoms with Gasteiger partial charge in [-0.3, -0.25) is 9.59 Å². The van der Waals surface area contributed by atoms with Crippen LogP contribution in [-0.4, -0.2) is 66.6 Å². The van der Waals surface area contributed by atoms with E-state index < -0.39 is 5.91 Å². The number of nitrogens with two attached hydrogens (primary N) is 1. The van der Waals surface area contributed by atoms with Crippen molar-refractivity contribution in [2.45, 2.75) is 13.3 Å². The number of carbonyl (C=O) groups excluding carboxylic acids is 2. The minimum Gasteiger partial charge on any atom is -0.495 e. The fourth-order valence-corrected chi connectivity index (χ4v) is 4.49. The highest BCUT2D eigenvalue weighted by Crippen LogP contribution is 2.31. The van der Waals surface area contributed by atoms with Crippen LogP contribution in [0.5, 0.6) is 5.75 Å². The molecule has 0 aliphatic carbocycles. The fraction of sp³-hybridized carbons (Fsp3) is 0.194. The summed E-state index contributed by atoms with van der Waals surface area (Å²) in [7, 11) is 5.03. The van der Waals surface area contributed by atoms with E-state index >= 15 is 0 Å². The zero-order chi connectivity index (χ0) is 32.8. The molecular formula is C31H32Cl3N7O3. The summed E-state index contributed by atoms with van der Waals surface area (Å²) < 4.78 is 5.20. The van der Waals surface area contributed by atoms with E-state index in [1.807, 2.05) is 30.3 Å². The number of methoxy groups -OCH3 is 1. The van der Waals surface area contributed by atoms with E-state index in [0.717, 1.165) is 16.6 Å². The second kappa shape index (κ2) is 17.5. The van der Waals surface area contributed by atoms with E-state index in [4.69, 9.17) is 45.3 Å². The van der Waals surface area contributed by atoms with E-state index in [9.17, 15) is 9.59 Å². The number of nitrogens with zero attached hydrogens (tertiary/aromatic N) is 4. The molecule has 2 amide bonds. The standard InChI is InChI=1S/C20H19Cl3N6O2.C9H11NO.C2H2/c1-10(24)26-9-27-11-5-13(22)19(14(23)6-11)20(30)25-4-3-18-28-15-7-12(21)17(31-2)8-16(15)29-18;1-10(2)9(11)8-6-4-3-5-7-8;1-2/h5-9H,3-4H2,1-2H3,(H,25,30)(H,28,29)(H2,24,26,27);3-7H,1-2H3;1-2H. The molecule has 0 bridgehead atoms. The van der Waals surface area contributed by atoms with Crippen LogP contribution in [0.1, 0.15) is 33.5 Å². The van der Waals surface area contributed by atoms with Crippen LogP contribution in [-0.2, 0) is 6.42 Å². The van der Waals surface area contributed by atoms with Gasteiger partial charge >= 0.3 is 0 Å². The quantitative estimate of drug-likeness (QED) is 0.118. The van der Waals surface area contributed by atoms with Gasteiger partial charge in [-0.2, -0.15) is 0 Å². The molecular weight excluding hydrogens is 625 g/mol. The van der Waals surface area contributed by atoms with Crippen molar-refractivity contribution in [2.75, 3.05) is 27.7 Å². The lowest BCUT2D eigenvalue weighted by Crippen LogP contribution is -2.26. The minimum absolute atomic E-state index is 0.0469. The lowest BCUT2D eigenvalue weighted by molar-refractivity contribution is 0.0827. The van der Waals surface area contributed by atoms with Gasteiger partial charge in [-0.15, -0.1) is 12.8 Å². The Kier molecular flexibility index (Phi) is 14.2. The van der Waals surface area contributed by atoms with Crippen LogP contribution >= 0.6 is 34.8 Å². The van der Waals surface area contributed by atoms with Crippen molar-refractivity contribution in [1.29, 1.82) is 0 Å². The number of ether oxygens (including phenoxy) is 1. The Morgan fingerprint density at radius 2 is 1.70 bits per heavy atom. The Balaban J connectivity index is 0.000000434. The van der Waals surface area contributed by atoms with Gasteiger partial charge in [0.15, 0.2) is 0 Å². The monoisotopic (exact) mass is 655 g/mol. The van der Waals surface area contributed by atoms with Crippen LogP contribution in [0, 0.1) is 12.8 Å². The molecule has 0 saturated heterocycles. The number of carbonyl (C=O) groups is 2. The number of aliphatic imine (C=N–C) groups is 2. The highest BCUT2D eigenvalue weighted by atomic mass is 35.5. The molecule has 44 heavy (non-hydrogen) atoms. The molecule has 4 rings (SSSR count). The Labute approximate surface area is 271 Å². The third-order valence-corrected chi connectivity index (χ3v) is 6.49. The molecule has 3 aromatic carbocycles. The number of benzene rings is 3. The Morgan fingerprint density at radius 3 is 2.27 bits per heavy atom. The molecule has 10 nitrogen and oxygen atoms in total. The topological polar surface area (TPSA) is 138 Å². The number of H-pyrrole nitrogens is 1. The molecule has 0 atom stereocenters. The molecule has 1 aromatic heterocycles. The first-order valence-electron chi connectivity index (χ1n) is 12.9. The summed E-state index contributed by atoms with van der Waals surface area (Å²) in [5, 5.41) is 3.63. The number of nitrogens with one attached hydrogen (secondary N) is 2. The smallest absolute Gasteiger partial charge is 0.254 e. The highest BCUT2D eigenvalue weighted by molar-refractivity contribution is 6.40. The third kappa shape index (κ3) is 10.3. The number of fused-ring (bicyclic) bond motifs is 1. The number of halogens is 3. The summed E-state index contributed by atoms with van der Waals surface area (Å²) in [4.78, 5) is 41.0. The summed E-state index contributed by atoms with van der Waals surface area (Å²) >= 11 is 18.6. The third-order valence-electron chi connectivity index (χ3n) is 5.60. The number of hydrogen-bond donors (Lipinski definition) is 3. The molecule has 0 unspecified atom stereocenters. The first kappa shape index (κ1) is 35.6. The first-order chi connectivity index (χ1) is 21.0. The van der Waals surface area contributed by atoms with E-state index in [2.05, 4.69) is 38.1 Å². The predicted octanol–water partition coefficient (Wildman–Crippen LogP) is 6.18. The molecule has 0 fully saturated rings. The number of amidine groups is 1. The lowest BCUT2D eigenvalue weighted by Gasteiger charge is -2.09. The van der Waals surface area contributed by atoms with Gasteiger partial charge in [0.05, 0.1) is 50.3 Å². The molecule has 230 valence electrons. The second-order valence-corrected chi connectivity index (χ2v) is 10.3. The minimum atomic E-state index is -0.401. The number of aromatic amines is 1. The van der Waals surface area contributed by atoms with Gasteiger partial charge < -0.3 is 25.7 Å². The summed E-state index contributed by atoms with van der Waals surface area (Å²) in [6.07, 6.45) is 9.75. The Morgan fingerprint density at radius 1 is 1.07 bits per heavy atom. The van der Waals surface area contributed by atoms with Gasteiger partial charge in [-0.25, -0.2) is 15.0 Å². The molecule has 0 spiro atoms. The van der Waals surface area contributed by atoms with Crippen LogP contribution in [0.4, 0.5) is 5.69 Å². The van der Waals surface area contributed by atoms with Crippen molar-refractivity contribution in [1.82, 2.24) is 20.2 Å². The molecule has 0 aliphatic rings. The largest absolute Gasteiger partial charge is 0.495 e. The molecule has 1 heterocycles. The van der Waals surface area contributed by atoms with Crippen LogP contribution in [0.3, 0.4) is 0 Å². The molecule has 0 aliphatic heterocycles. The Bertz CT molecular complexity index is 1640. The zero-order valence-electron chi connectivity index (χ0n) is 24.6. The molecule has 0 radical (unpaired) electrons. The molecule has 4 N–H and O–H groups in total. The molecule has 13 heteroatoms. The van der Waals surface area contributed by atoms with Crippen LogP contribution in [0.25, 0.3) is 11.0 Å². The van der Waals surface area contributed by atoms with Crippen LogP contribution < -0.4 is 15.8 Å². The van der Waals surface area contributed by atoms with E-state index in [0.29, 0.717) is 41.1 Å². The summed E-state index contributed by atoms with van der Waals surface area (Å²) in [6.45, 7) is 1.96. The van der Waals surface area contributed by atoms with Gasteiger partial charge in [-0.1, -0.05) is 53.0 Å². The summed E-state index contributed by atoms with van der Waals surface area (Å²) in [6, 6.07) is 15.8. The predicted molar refractivity (Wildman–Crippen MR) is 180 cm³/mol.